The summed E-state index contributed by atoms with van der Waals surface area (Å²) >= 11 is 1.43. The molecule has 1 rings (SSSR count). The maximum absolute atomic E-state index is 12.9. The second-order valence-electron chi connectivity index (χ2n) is 7.93. The van der Waals surface area contributed by atoms with E-state index in [1.807, 2.05) is 6.26 Å². The largest absolute Gasteiger partial charge is 0.480 e. The third-order valence-corrected chi connectivity index (χ3v) is 5.67. The van der Waals surface area contributed by atoms with Crippen molar-refractivity contribution in [1.82, 2.24) is 16.0 Å². The Bertz CT molecular complexity index is 823. The average Bonchev–Trinajstić information content (AvgIpc) is 2.78. The van der Waals surface area contributed by atoms with E-state index in [4.69, 9.17) is 5.73 Å². The number of benzene rings is 1. The molecule has 6 unspecified atom stereocenters. The number of nitrogens with one attached hydrogen (secondary N) is 3. The number of aliphatic hydroxyl groups is 2. The van der Waals surface area contributed by atoms with E-state index in [1.54, 1.807) is 30.3 Å². The van der Waals surface area contributed by atoms with Crippen molar-refractivity contribution in [2.75, 3.05) is 12.0 Å². The summed E-state index contributed by atoms with van der Waals surface area (Å²) in [5.74, 6) is -3.17. The van der Waals surface area contributed by atoms with Crippen molar-refractivity contribution >= 4 is 35.5 Å². The molecule has 0 saturated heterocycles. The number of carbonyl (C=O) groups excluding carboxylic acids is 3. The Labute approximate surface area is 202 Å². The summed E-state index contributed by atoms with van der Waals surface area (Å²) in [7, 11) is 0. The summed E-state index contributed by atoms with van der Waals surface area (Å²) < 4.78 is 0. The van der Waals surface area contributed by atoms with E-state index in [2.05, 4.69) is 16.0 Å². The fourth-order valence-electron chi connectivity index (χ4n) is 2.96. The number of nitrogens with two attached hydrogens (primary N) is 1. The highest BCUT2D eigenvalue weighted by Crippen LogP contribution is 2.07. The van der Waals surface area contributed by atoms with Gasteiger partial charge in [-0.1, -0.05) is 30.3 Å². The first-order valence-corrected chi connectivity index (χ1v) is 12.2. The molecule has 0 saturated carbocycles. The number of aliphatic hydroxyl groups excluding tert-OH is 2. The summed E-state index contributed by atoms with van der Waals surface area (Å²) in [6, 6.07) is 3.58. The van der Waals surface area contributed by atoms with Crippen LogP contribution in [0.15, 0.2) is 30.3 Å². The smallest absolute Gasteiger partial charge is 0.326 e. The lowest BCUT2D eigenvalue weighted by atomic mass is 10.0. The number of hydrogen-bond donors (Lipinski definition) is 7. The number of aliphatic carboxylic acids is 1. The molecule has 0 spiro atoms. The van der Waals surface area contributed by atoms with Crippen LogP contribution in [0.25, 0.3) is 0 Å². The number of carboxylic acid groups (broad SMARTS) is 1. The molecule has 0 aliphatic heterocycles. The van der Waals surface area contributed by atoms with Crippen LogP contribution in [0, 0.1) is 0 Å². The van der Waals surface area contributed by atoms with Crippen LogP contribution in [0.1, 0.15) is 25.8 Å². The Balaban J connectivity index is 2.94. The summed E-state index contributed by atoms with van der Waals surface area (Å²) in [5, 5.41) is 36.3. The van der Waals surface area contributed by atoms with Gasteiger partial charge in [-0.25, -0.2) is 4.79 Å². The quantitative estimate of drug-likeness (QED) is 0.162. The van der Waals surface area contributed by atoms with Gasteiger partial charge in [0, 0.05) is 6.42 Å². The van der Waals surface area contributed by atoms with Gasteiger partial charge in [0.1, 0.15) is 24.2 Å². The molecular weight excluding hydrogens is 464 g/mol. The van der Waals surface area contributed by atoms with Crippen LogP contribution < -0.4 is 21.7 Å². The first-order chi connectivity index (χ1) is 16.0. The molecule has 0 heterocycles. The number of thioether (sulfide) groups is 1. The normalized spacial score (nSPS) is 16.3. The Hall–Kier alpha value is -2.67. The zero-order valence-electron chi connectivity index (χ0n) is 19.4. The molecule has 1 aromatic carbocycles. The van der Waals surface area contributed by atoms with Gasteiger partial charge in [0.15, 0.2) is 0 Å². The topological polar surface area (TPSA) is 191 Å². The molecule has 190 valence electrons. The Morgan fingerprint density at radius 1 is 0.912 bits per heavy atom. The molecule has 8 N–H and O–H groups in total. The van der Waals surface area contributed by atoms with Crippen molar-refractivity contribution in [3.05, 3.63) is 35.9 Å². The monoisotopic (exact) mass is 498 g/mol. The summed E-state index contributed by atoms with van der Waals surface area (Å²) in [5.41, 5.74) is 6.31. The molecule has 3 amide bonds. The first-order valence-electron chi connectivity index (χ1n) is 10.8. The van der Waals surface area contributed by atoms with Gasteiger partial charge < -0.3 is 37.0 Å². The molecule has 11 nitrogen and oxygen atoms in total. The van der Waals surface area contributed by atoms with E-state index in [1.165, 1.54) is 25.6 Å². The predicted octanol–water partition coefficient (Wildman–Crippen LogP) is -1.39. The lowest BCUT2D eigenvalue weighted by Gasteiger charge is -2.26. The molecule has 0 aliphatic rings. The zero-order chi connectivity index (χ0) is 25.8. The van der Waals surface area contributed by atoms with Gasteiger partial charge in [0.25, 0.3) is 0 Å². The van der Waals surface area contributed by atoms with Crippen molar-refractivity contribution in [2.45, 2.75) is 63.1 Å². The van der Waals surface area contributed by atoms with Gasteiger partial charge in [-0.05, 0) is 37.8 Å². The van der Waals surface area contributed by atoms with Crippen LogP contribution >= 0.6 is 11.8 Å². The minimum absolute atomic E-state index is 0.00598. The molecule has 0 bridgehead atoms. The van der Waals surface area contributed by atoms with Crippen molar-refractivity contribution in [2.24, 2.45) is 5.73 Å². The molecule has 6 atom stereocenters. The van der Waals surface area contributed by atoms with Crippen molar-refractivity contribution in [3.8, 4) is 0 Å². The Morgan fingerprint density at radius 3 is 2.00 bits per heavy atom. The highest BCUT2D eigenvalue weighted by Gasteiger charge is 2.33. The summed E-state index contributed by atoms with van der Waals surface area (Å²) in [4.78, 5) is 49.6. The predicted molar refractivity (Wildman–Crippen MR) is 128 cm³/mol. The highest BCUT2D eigenvalue weighted by atomic mass is 32.2. The number of hydrogen-bond acceptors (Lipinski definition) is 8. The highest BCUT2D eigenvalue weighted by molar-refractivity contribution is 7.98. The average molecular weight is 499 g/mol. The number of carbonyl (C=O) groups is 4. The first kappa shape index (κ1) is 29.4. The number of rotatable bonds is 14. The molecule has 12 heteroatoms. The third kappa shape index (κ3) is 9.67. The minimum Gasteiger partial charge on any atom is -0.480 e. The standard InChI is InChI=1S/C22H34N4O7S/c1-12(27)17(23)20(30)24-15(9-10-34-3)19(29)26-18(13(2)28)21(31)25-16(22(32)33)11-14-7-5-4-6-8-14/h4-8,12-13,15-18,27-28H,9-11,23H2,1-3H3,(H,24,30)(H,25,31)(H,26,29)(H,32,33). The van der Waals surface area contributed by atoms with Crippen molar-refractivity contribution in [1.29, 1.82) is 0 Å². The van der Waals surface area contributed by atoms with E-state index in [9.17, 15) is 34.5 Å². The van der Waals surface area contributed by atoms with E-state index >= 15 is 0 Å². The Kier molecular flexibility index (Phi) is 12.6. The Morgan fingerprint density at radius 2 is 1.50 bits per heavy atom. The van der Waals surface area contributed by atoms with E-state index < -0.39 is 60.1 Å². The van der Waals surface area contributed by atoms with Gasteiger partial charge in [-0.15, -0.1) is 0 Å². The van der Waals surface area contributed by atoms with Gasteiger partial charge >= 0.3 is 5.97 Å². The molecule has 0 radical (unpaired) electrons. The molecular formula is C22H34N4O7S. The van der Waals surface area contributed by atoms with Crippen LogP contribution in [0.4, 0.5) is 0 Å². The van der Waals surface area contributed by atoms with Gasteiger partial charge in [-0.3, -0.25) is 14.4 Å². The summed E-state index contributed by atoms with van der Waals surface area (Å²) in [6.45, 7) is 2.61. The van der Waals surface area contributed by atoms with E-state index in [0.717, 1.165) is 0 Å². The van der Waals surface area contributed by atoms with Gasteiger partial charge in [0.2, 0.25) is 17.7 Å². The maximum Gasteiger partial charge on any atom is 0.326 e. The fraction of sp³-hybridized carbons (Fsp3) is 0.545. The lowest BCUT2D eigenvalue weighted by molar-refractivity contribution is -0.143. The number of amides is 3. The summed E-state index contributed by atoms with van der Waals surface area (Å²) in [6.07, 6.45) is -0.482. The van der Waals surface area contributed by atoms with E-state index in [0.29, 0.717) is 11.3 Å². The van der Waals surface area contributed by atoms with Gasteiger partial charge in [-0.2, -0.15) is 11.8 Å². The van der Waals surface area contributed by atoms with Crippen molar-refractivity contribution < 1.29 is 34.5 Å². The van der Waals surface area contributed by atoms with Crippen LogP contribution in [0.2, 0.25) is 0 Å². The minimum atomic E-state index is -1.47. The van der Waals surface area contributed by atoms with Gasteiger partial charge in [0.05, 0.1) is 12.2 Å². The molecule has 0 fully saturated rings. The fourth-order valence-corrected chi connectivity index (χ4v) is 3.43. The van der Waals surface area contributed by atoms with Crippen molar-refractivity contribution in [3.63, 3.8) is 0 Å². The molecule has 0 aliphatic carbocycles. The molecule has 0 aromatic heterocycles. The van der Waals surface area contributed by atoms with Crippen LogP contribution in [-0.4, -0.2) is 87.4 Å². The molecule has 34 heavy (non-hydrogen) atoms. The van der Waals surface area contributed by atoms with E-state index in [-0.39, 0.29) is 12.8 Å². The number of carboxylic acids is 1. The van der Waals surface area contributed by atoms with Crippen LogP contribution in [0.3, 0.4) is 0 Å². The third-order valence-electron chi connectivity index (χ3n) is 5.03. The maximum atomic E-state index is 12.9. The second-order valence-corrected chi connectivity index (χ2v) is 8.91. The SMILES string of the molecule is CSCCC(NC(=O)C(N)C(C)O)C(=O)NC(C(=O)NC(Cc1ccccc1)C(=O)O)C(C)O. The van der Waals surface area contributed by atoms with Crippen LogP contribution in [-0.2, 0) is 25.6 Å². The van der Waals surface area contributed by atoms with Crippen LogP contribution in [0.5, 0.6) is 0 Å². The molecule has 1 aromatic rings. The second kappa shape index (κ2) is 14.6. The zero-order valence-corrected chi connectivity index (χ0v) is 20.2. The lowest BCUT2D eigenvalue weighted by Crippen LogP contribution is -2.60.